The first-order valence-corrected chi connectivity index (χ1v) is 4.69. The normalized spacial score (nSPS) is 10.0. The first-order chi connectivity index (χ1) is 6.33. The maximum Gasteiger partial charge on any atom is 0.0526 e. The quantitative estimate of drug-likeness (QED) is 0.674. The molecule has 3 N–H and O–H groups in total. The van der Waals surface area contributed by atoms with E-state index in [1.54, 1.807) is 0 Å². The molecule has 0 saturated carbocycles. The van der Waals surface area contributed by atoms with Gasteiger partial charge in [-0.3, -0.25) is 4.98 Å². The lowest BCUT2D eigenvalue weighted by molar-refractivity contribution is 0.774. The van der Waals surface area contributed by atoms with Crippen LogP contribution in [0.25, 0.3) is 0 Å². The molecule has 0 unspecified atom stereocenters. The highest BCUT2D eigenvalue weighted by Crippen LogP contribution is 2.05. The fourth-order valence-electron chi connectivity index (χ4n) is 1.07. The van der Waals surface area contributed by atoms with Crippen LogP contribution in [0.4, 0.5) is 5.69 Å². The second-order valence-electron chi connectivity index (χ2n) is 3.11. The predicted molar refractivity (Wildman–Crippen MR) is 55.8 cm³/mol. The van der Waals surface area contributed by atoms with Gasteiger partial charge in [-0.15, -0.1) is 0 Å². The van der Waals surface area contributed by atoms with Crippen LogP contribution in [-0.4, -0.2) is 18.1 Å². The third-order valence-corrected chi connectivity index (χ3v) is 1.87. The molecule has 72 valence electrons. The van der Waals surface area contributed by atoms with E-state index in [0.717, 1.165) is 37.3 Å². The first-order valence-electron chi connectivity index (χ1n) is 4.69. The summed E-state index contributed by atoms with van der Waals surface area (Å²) in [6, 6.07) is 4.05. The molecule has 0 amide bonds. The van der Waals surface area contributed by atoms with Crippen molar-refractivity contribution in [3.8, 4) is 0 Å². The number of nitrogens with zero attached hydrogens (tertiary/aromatic N) is 1. The fraction of sp³-hybridized carbons (Fsp3) is 0.500. The molecule has 0 aliphatic rings. The number of rotatable bonds is 5. The molecule has 0 aliphatic carbocycles. The Hall–Kier alpha value is -1.09. The van der Waals surface area contributed by atoms with E-state index in [4.69, 9.17) is 5.73 Å². The van der Waals surface area contributed by atoms with E-state index in [1.165, 1.54) is 0 Å². The van der Waals surface area contributed by atoms with Gasteiger partial charge in [-0.05, 0) is 38.4 Å². The Morgan fingerprint density at radius 2 is 2.23 bits per heavy atom. The number of anilines is 1. The zero-order valence-electron chi connectivity index (χ0n) is 8.09. The van der Waals surface area contributed by atoms with E-state index in [2.05, 4.69) is 10.3 Å². The van der Waals surface area contributed by atoms with Crippen LogP contribution in [0.15, 0.2) is 18.3 Å². The van der Waals surface area contributed by atoms with Crippen LogP contribution in [0.5, 0.6) is 0 Å². The summed E-state index contributed by atoms with van der Waals surface area (Å²) in [5.41, 5.74) is 7.52. The van der Waals surface area contributed by atoms with Crippen LogP contribution < -0.4 is 11.1 Å². The number of hydrogen-bond acceptors (Lipinski definition) is 3. The minimum absolute atomic E-state index is 0.772. The summed E-state index contributed by atoms with van der Waals surface area (Å²) in [6.45, 7) is 3.73. The van der Waals surface area contributed by atoms with Crippen LogP contribution in [0.3, 0.4) is 0 Å². The number of nitrogens with one attached hydrogen (secondary N) is 1. The Kier molecular flexibility index (Phi) is 4.26. The second kappa shape index (κ2) is 5.54. The first kappa shape index (κ1) is 9.99. The van der Waals surface area contributed by atoms with Crippen molar-refractivity contribution in [1.82, 2.24) is 4.98 Å². The number of unbranched alkanes of at least 4 members (excludes halogenated alkanes) is 1. The Bertz CT molecular complexity index is 230. The van der Waals surface area contributed by atoms with Crippen LogP contribution in [0.2, 0.25) is 0 Å². The van der Waals surface area contributed by atoms with Gasteiger partial charge in [-0.2, -0.15) is 0 Å². The lowest BCUT2D eigenvalue weighted by Gasteiger charge is -2.04. The highest BCUT2D eigenvalue weighted by molar-refractivity contribution is 5.40. The van der Waals surface area contributed by atoms with Crippen molar-refractivity contribution < 1.29 is 0 Å². The van der Waals surface area contributed by atoms with Gasteiger partial charge in [-0.1, -0.05) is 0 Å². The molecule has 0 atom stereocenters. The van der Waals surface area contributed by atoms with E-state index < -0.39 is 0 Å². The molecule has 0 radical (unpaired) electrons. The van der Waals surface area contributed by atoms with E-state index >= 15 is 0 Å². The maximum absolute atomic E-state index is 5.39. The Morgan fingerprint density at radius 1 is 1.38 bits per heavy atom. The van der Waals surface area contributed by atoms with Crippen molar-refractivity contribution in [2.45, 2.75) is 19.8 Å². The number of nitrogens with two attached hydrogens (primary N) is 1. The molecule has 0 aliphatic heterocycles. The molecule has 3 nitrogen and oxygen atoms in total. The van der Waals surface area contributed by atoms with Crippen LogP contribution >= 0.6 is 0 Å². The van der Waals surface area contributed by atoms with Crippen molar-refractivity contribution >= 4 is 5.69 Å². The zero-order chi connectivity index (χ0) is 9.52. The molecule has 0 bridgehead atoms. The second-order valence-corrected chi connectivity index (χ2v) is 3.11. The summed E-state index contributed by atoms with van der Waals surface area (Å²) >= 11 is 0. The largest absolute Gasteiger partial charge is 0.384 e. The molecule has 1 heterocycles. The van der Waals surface area contributed by atoms with E-state index in [1.807, 2.05) is 25.3 Å². The molecule has 0 spiro atoms. The van der Waals surface area contributed by atoms with Crippen molar-refractivity contribution in [1.29, 1.82) is 0 Å². The SMILES string of the molecule is Cc1ccc(NCCCCN)cn1. The maximum atomic E-state index is 5.39. The highest BCUT2D eigenvalue weighted by atomic mass is 14.9. The molecule has 0 aromatic carbocycles. The Labute approximate surface area is 79.4 Å². The van der Waals surface area contributed by atoms with Gasteiger partial charge in [0.15, 0.2) is 0 Å². The summed E-state index contributed by atoms with van der Waals surface area (Å²) < 4.78 is 0. The van der Waals surface area contributed by atoms with E-state index in [9.17, 15) is 0 Å². The molecular formula is C10H17N3. The summed E-state index contributed by atoms with van der Waals surface area (Å²) in [5, 5.41) is 3.29. The molecule has 0 saturated heterocycles. The molecule has 1 aromatic rings. The third-order valence-electron chi connectivity index (χ3n) is 1.87. The van der Waals surface area contributed by atoms with Gasteiger partial charge in [0.25, 0.3) is 0 Å². The van der Waals surface area contributed by atoms with Crippen molar-refractivity contribution in [2.75, 3.05) is 18.4 Å². The van der Waals surface area contributed by atoms with E-state index in [-0.39, 0.29) is 0 Å². The van der Waals surface area contributed by atoms with Gasteiger partial charge in [0.05, 0.1) is 11.9 Å². The number of pyridine rings is 1. The summed E-state index contributed by atoms with van der Waals surface area (Å²) in [6.07, 6.45) is 4.05. The summed E-state index contributed by atoms with van der Waals surface area (Å²) in [5.74, 6) is 0. The van der Waals surface area contributed by atoms with Crippen LogP contribution in [-0.2, 0) is 0 Å². The highest BCUT2D eigenvalue weighted by Gasteiger charge is 1.91. The van der Waals surface area contributed by atoms with Crippen molar-refractivity contribution in [3.63, 3.8) is 0 Å². The van der Waals surface area contributed by atoms with Gasteiger partial charge in [0.2, 0.25) is 0 Å². The van der Waals surface area contributed by atoms with E-state index in [0.29, 0.717) is 0 Å². The Morgan fingerprint density at radius 3 is 2.85 bits per heavy atom. The number of aryl methyl sites for hydroxylation is 1. The third kappa shape index (κ3) is 3.90. The standard InChI is InChI=1S/C10H17N3/c1-9-4-5-10(8-13-9)12-7-3-2-6-11/h4-5,8,12H,2-3,6-7,11H2,1H3. The van der Waals surface area contributed by atoms with Gasteiger partial charge in [-0.25, -0.2) is 0 Å². The van der Waals surface area contributed by atoms with Crippen LogP contribution in [0, 0.1) is 6.92 Å². The summed E-state index contributed by atoms with van der Waals surface area (Å²) in [4.78, 5) is 4.19. The van der Waals surface area contributed by atoms with Crippen LogP contribution in [0.1, 0.15) is 18.5 Å². The summed E-state index contributed by atoms with van der Waals surface area (Å²) in [7, 11) is 0. The van der Waals surface area contributed by atoms with Gasteiger partial charge < -0.3 is 11.1 Å². The molecule has 3 heteroatoms. The smallest absolute Gasteiger partial charge is 0.0526 e. The molecular weight excluding hydrogens is 162 g/mol. The zero-order valence-corrected chi connectivity index (χ0v) is 8.09. The van der Waals surface area contributed by atoms with Crippen molar-refractivity contribution in [2.24, 2.45) is 5.73 Å². The predicted octanol–water partition coefficient (Wildman–Crippen LogP) is 1.54. The average Bonchev–Trinajstić information content (AvgIpc) is 2.15. The van der Waals surface area contributed by atoms with Gasteiger partial charge in [0.1, 0.15) is 0 Å². The number of hydrogen-bond donors (Lipinski definition) is 2. The minimum Gasteiger partial charge on any atom is -0.384 e. The molecule has 0 fully saturated rings. The molecule has 13 heavy (non-hydrogen) atoms. The van der Waals surface area contributed by atoms with Gasteiger partial charge >= 0.3 is 0 Å². The fourth-order valence-corrected chi connectivity index (χ4v) is 1.07. The van der Waals surface area contributed by atoms with Gasteiger partial charge in [0, 0.05) is 12.2 Å². The van der Waals surface area contributed by atoms with Crippen molar-refractivity contribution in [3.05, 3.63) is 24.0 Å². The average molecular weight is 179 g/mol. The number of aromatic nitrogens is 1. The lowest BCUT2D eigenvalue weighted by Crippen LogP contribution is -2.05. The molecule has 1 aromatic heterocycles. The lowest BCUT2D eigenvalue weighted by atomic mass is 10.3. The Balaban J connectivity index is 2.25. The minimum atomic E-state index is 0.772. The monoisotopic (exact) mass is 179 g/mol. The topological polar surface area (TPSA) is 50.9 Å². The molecule has 1 rings (SSSR count).